The van der Waals surface area contributed by atoms with E-state index in [2.05, 4.69) is 25.3 Å². The van der Waals surface area contributed by atoms with Crippen LogP contribution in [0.15, 0.2) is 30.9 Å². The lowest BCUT2D eigenvalue weighted by molar-refractivity contribution is 0.619. The first-order chi connectivity index (χ1) is 8.74. The standard InChI is InChI=1S/C12H10FN5/c1-7-2-3-8(4-9(7)13)18-12-10-11(15-5-14-10)16-6-17-12/h2-6H,1H3,(H2,14,15,16,17,18). The van der Waals surface area contributed by atoms with E-state index in [1.165, 1.54) is 12.4 Å². The van der Waals surface area contributed by atoms with Crippen molar-refractivity contribution in [1.82, 2.24) is 19.9 Å². The molecule has 0 spiro atoms. The van der Waals surface area contributed by atoms with Crippen molar-refractivity contribution in [2.75, 3.05) is 5.32 Å². The summed E-state index contributed by atoms with van der Waals surface area (Å²) in [7, 11) is 0. The Morgan fingerprint density at radius 1 is 1.22 bits per heavy atom. The van der Waals surface area contributed by atoms with Gasteiger partial charge in [-0.3, -0.25) is 0 Å². The Morgan fingerprint density at radius 3 is 2.94 bits per heavy atom. The molecule has 90 valence electrons. The Kier molecular flexibility index (Phi) is 2.40. The molecule has 0 atom stereocenters. The zero-order valence-electron chi connectivity index (χ0n) is 9.61. The van der Waals surface area contributed by atoms with Crippen LogP contribution in [-0.4, -0.2) is 19.9 Å². The van der Waals surface area contributed by atoms with Crippen molar-refractivity contribution in [2.45, 2.75) is 6.92 Å². The number of anilines is 2. The van der Waals surface area contributed by atoms with Gasteiger partial charge in [-0.15, -0.1) is 0 Å². The molecule has 2 heterocycles. The molecule has 5 nitrogen and oxygen atoms in total. The van der Waals surface area contributed by atoms with Gasteiger partial charge in [-0.1, -0.05) is 6.07 Å². The molecule has 2 aromatic heterocycles. The lowest BCUT2D eigenvalue weighted by atomic mass is 10.2. The number of rotatable bonds is 2. The van der Waals surface area contributed by atoms with Crippen LogP contribution in [0, 0.1) is 12.7 Å². The molecule has 0 unspecified atom stereocenters. The largest absolute Gasteiger partial charge is 0.338 e. The number of aromatic amines is 1. The molecule has 18 heavy (non-hydrogen) atoms. The number of nitrogens with one attached hydrogen (secondary N) is 2. The highest BCUT2D eigenvalue weighted by Crippen LogP contribution is 2.21. The number of aryl methyl sites for hydroxylation is 1. The van der Waals surface area contributed by atoms with Crippen LogP contribution in [0.2, 0.25) is 0 Å². The zero-order valence-corrected chi connectivity index (χ0v) is 9.61. The van der Waals surface area contributed by atoms with Crippen molar-refractivity contribution < 1.29 is 4.39 Å². The van der Waals surface area contributed by atoms with Crippen LogP contribution >= 0.6 is 0 Å². The summed E-state index contributed by atoms with van der Waals surface area (Å²) in [6.07, 6.45) is 2.97. The lowest BCUT2D eigenvalue weighted by Crippen LogP contribution is -1.96. The van der Waals surface area contributed by atoms with E-state index in [9.17, 15) is 4.39 Å². The fourth-order valence-corrected chi connectivity index (χ4v) is 1.66. The molecule has 2 N–H and O–H groups in total. The number of hydrogen-bond donors (Lipinski definition) is 2. The summed E-state index contributed by atoms with van der Waals surface area (Å²) >= 11 is 0. The van der Waals surface area contributed by atoms with Crippen molar-refractivity contribution >= 4 is 22.7 Å². The van der Waals surface area contributed by atoms with E-state index in [1.54, 1.807) is 25.4 Å². The minimum absolute atomic E-state index is 0.257. The van der Waals surface area contributed by atoms with Crippen LogP contribution in [0.5, 0.6) is 0 Å². The normalized spacial score (nSPS) is 10.8. The van der Waals surface area contributed by atoms with E-state index in [-0.39, 0.29) is 5.82 Å². The van der Waals surface area contributed by atoms with E-state index in [0.29, 0.717) is 28.2 Å². The van der Waals surface area contributed by atoms with Crippen LogP contribution in [0.1, 0.15) is 5.56 Å². The Labute approximate surface area is 102 Å². The Morgan fingerprint density at radius 2 is 2.11 bits per heavy atom. The lowest BCUT2D eigenvalue weighted by Gasteiger charge is -2.06. The molecule has 6 heteroatoms. The van der Waals surface area contributed by atoms with Crippen molar-refractivity contribution in [3.63, 3.8) is 0 Å². The number of imidazole rings is 1. The summed E-state index contributed by atoms with van der Waals surface area (Å²) in [5.41, 5.74) is 2.49. The predicted molar refractivity (Wildman–Crippen MR) is 66.1 cm³/mol. The first-order valence-corrected chi connectivity index (χ1v) is 5.41. The molecule has 0 saturated carbocycles. The molecule has 0 aliphatic carbocycles. The molecule has 0 saturated heterocycles. The summed E-state index contributed by atoms with van der Waals surface area (Å²) in [4.78, 5) is 15.1. The van der Waals surface area contributed by atoms with Crippen LogP contribution < -0.4 is 5.32 Å². The van der Waals surface area contributed by atoms with Gasteiger partial charge in [0.1, 0.15) is 12.1 Å². The van der Waals surface area contributed by atoms with E-state index in [0.717, 1.165) is 0 Å². The second-order valence-corrected chi connectivity index (χ2v) is 3.91. The number of aromatic nitrogens is 4. The van der Waals surface area contributed by atoms with Gasteiger partial charge in [-0.25, -0.2) is 19.3 Å². The van der Waals surface area contributed by atoms with E-state index in [1.807, 2.05) is 0 Å². The number of H-pyrrole nitrogens is 1. The number of fused-ring (bicyclic) bond motifs is 1. The average molecular weight is 243 g/mol. The number of benzene rings is 1. The van der Waals surface area contributed by atoms with Crippen molar-refractivity contribution in [3.05, 3.63) is 42.2 Å². The second kappa shape index (κ2) is 4.06. The highest BCUT2D eigenvalue weighted by molar-refractivity contribution is 5.84. The first-order valence-electron chi connectivity index (χ1n) is 5.41. The number of nitrogens with zero attached hydrogens (tertiary/aromatic N) is 3. The van der Waals surface area contributed by atoms with E-state index < -0.39 is 0 Å². The van der Waals surface area contributed by atoms with Gasteiger partial charge in [0.2, 0.25) is 0 Å². The molecule has 0 fully saturated rings. The fraction of sp³-hybridized carbons (Fsp3) is 0.0833. The third kappa shape index (κ3) is 1.77. The van der Waals surface area contributed by atoms with Crippen LogP contribution in [-0.2, 0) is 0 Å². The third-order valence-corrected chi connectivity index (χ3v) is 2.65. The Balaban J connectivity index is 2.01. The molecule has 3 rings (SSSR count). The van der Waals surface area contributed by atoms with Gasteiger partial charge < -0.3 is 10.3 Å². The topological polar surface area (TPSA) is 66.5 Å². The van der Waals surface area contributed by atoms with Gasteiger partial charge in [0.05, 0.1) is 6.33 Å². The van der Waals surface area contributed by atoms with E-state index in [4.69, 9.17) is 0 Å². The molecule has 1 aromatic carbocycles. The number of hydrogen-bond acceptors (Lipinski definition) is 4. The minimum atomic E-state index is -0.257. The third-order valence-electron chi connectivity index (χ3n) is 2.65. The molecule has 0 amide bonds. The molecule has 0 radical (unpaired) electrons. The van der Waals surface area contributed by atoms with Gasteiger partial charge in [-0.2, -0.15) is 0 Å². The van der Waals surface area contributed by atoms with Gasteiger partial charge in [0.15, 0.2) is 17.0 Å². The quantitative estimate of drug-likeness (QED) is 0.725. The zero-order chi connectivity index (χ0) is 12.5. The van der Waals surface area contributed by atoms with Gasteiger partial charge in [0.25, 0.3) is 0 Å². The molecular formula is C12H10FN5. The maximum absolute atomic E-state index is 13.4. The summed E-state index contributed by atoms with van der Waals surface area (Å²) < 4.78 is 13.4. The molecular weight excluding hydrogens is 233 g/mol. The molecule has 3 aromatic rings. The van der Waals surface area contributed by atoms with Crippen LogP contribution in [0.3, 0.4) is 0 Å². The highest BCUT2D eigenvalue weighted by atomic mass is 19.1. The van der Waals surface area contributed by atoms with Gasteiger partial charge in [-0.05, 0) is 24.6 Å². The maximum Gasteiger partial charge on any atom is 0.162 e. The number of halogens is 1. The molecule has 0 aliphatic heterocycles. The predicted octanol–water partition coefficient (Wildman–Crippen LogP) is 2.54. The Bertz CT molecular complexity index is 707. The van der Waals surface area contributed by atoms with Crippen molar-refractivity contribution in [3.8, 4) is 0 Å². The smallest absolute Gasteiger partial charge is 0.162 e. The van der Waals surface area contributed by atoms with Crippen molar-refractivity contribution in [2.24, 2.45) is 0 Å². The SMILES string of the molecule is Cc1ccc(Nc2ncnc3[nH]cnc23)cc1F. The van der Waals surface area contributed by atoms with E-state index >= 15 is 0 Å². The van der Waals surface area contributed by atoms with Gasteiger partial charge in [0, 0.05) is 5.69 Å². The minimum Gasteiger partial charge on any atom is -0.338 e. The van der Waals surface area contributed by atoms with Crippen LogP contribution in [0.4, 0.5) is 15.9 Å². The average Bonchev–Trinajstić information content (AvgIpc) is 2.83. The summed E-state index contributed by atoms with van der Waals surface area (Å²) in [5.74, 6) is 0.289. The summed E-state index contributed by atoms with van der Waals surface area (Å²) in [5, 5.41) is 3.03. The molecule has 0 bridgehead atoms. The summed E-state index contributed by atoms with van der Waals surface area (Å²) in [6.45, 7) is 1.72. The second-order valence-electron chi connectivity index (χ2n) is 3.91. The first kappa shape index (κ1) is 10.6. The summed E-state index contributed by atoms with van der Waals surface area (Å²) in [6, 6.07) is 4.93. The van der Waals surface area contributed by atoms with Crippen molar-refractivity contribution in [1.29, 1.82) is 0 Å². The van der Waals surface area contributed by atoms with Crippen LogP contribution in [0.25, 0.3) is 11.2 Å². The highest BCUT2D eigenvalue weighted by Gasteiger charge is 2.07. The maximum atomic E-state index is 13.4. The Hall–Kier alpha value is -2.50. The monoisotopic (exact) mass is 243 g/mol. The molecule has 0 aliphatic rings. The van der Waals surface area contributed by atoms with Gasteiger partial charge >= 0.3 is 0 Å². The fourth-order valence-electron chi connectivity index (χ4n) is 1.66.